The smallest absolute Gasteiger partial charge is 0.234 e. The van der Waals surface area contributed by atoms with Crippen molar-refractivity contribution in [1.29, 1.82) is 0 Å². The molecule has 0 bridgehead atoms. The Balaban J connectivity index is 2.11. The average Bonchev–Trinajstić information content (AvgIpc) is 2.67. The van der Waals surface area contributed by atoms with Crippen molar-refractivity contribution in [3.63, 3.8) is 0 Å². The van der Waals surface area contributed by atoms with Crippen LogP contribution in [0.25, 0.3) is 0 Å². The second-order valence-corrected chi connectivity index (χ2v) is 3.91. The second-order valence-electron chi connectivity index (χ2n) is 3.91. The van der Waals surface area contributed by atoms with E-state index in [1.54, 1.807) is 0 Å². The van der Waals surface area contributed by atoms with Crippen LogP contribution in [-0.4, -0.2) is 61.9 Å². The second kappa shape index (κ2) is 6.76. The first-order chi connectivity index (χ1) is 7.22. The zero-order valence-corrected chi connectivity index (χ0v) is 9.24. The van der Waals surface area contributed by atoms with Gasteiger partial charge in [-0.2, -0.15) is 0 Å². The molecule has 1 aliphatic rings. The van der Waals surface area contributed by atoms with E-state index in [0.29, 0.717) is 13.1 Å². The van der Waals surface area contributed by atoms with Crippen LogP contribution in [0.15, 0.2) is 0 Å². The lowest BCUT2D eigenvalue weighted by molar-refractivity contribution is -0.122. The first kappa shape index (κ1) is 12.4. The molecule has 1 heterocycles. The molecule has 1 atom stereocenters. The molecule has 1 fully saturated rings. The van der Waals surface area contributed by atoms with Crippen molar-refractivity contribution in [2.45, 2.75) is 18.9 Å². The molecule has 2 N–H and O–H groups in total. The van der Waals surface area contributed by atoms with Gasteiger partial charge in [-0.3, -0.25) is 9.69 Å². The normalized spacial score (nSPS) is 20.9. The Morgan fingerprint density at radius 2 is 2.47 bits per heavy atom. The minimum absolute atomic E-state index is 0.0127. The molecule has 1 amide bonds. The third-order valence-electron chi connectivity index (χ3n) is 2.39. The molecule has 5 heteroatoms. The summed E-state index contributed by atoms with van der Waals surface area (Å²) in [4.78, 5) is 13.2. The number of aliphatic hydroxyl groups excluding tert-OH is 1. The zero-order chi connectivity index (χ0) is 11.1. The standard InChI is InChI=1S/C10H20N2O3/c1-12(7-9-3-2-6-15-9)8-10(14)11-4-5-13/h9,13H,2-8H2,1H3,(H,11,14). The lowest BCUT2D eigenvalue weighted by Crippen LogP contribution is -2.39. The Morgan fingerprint density at radius 3 is 3.07 bits per heavy atom. The molecule has 0 saturated carbocycles. The van der Waals surface area contributed by atoms with Crippen molar-refractivity contribution >= 4 is 5.91 Å². The highest BCUT2D eigenvalue weighted by molar-refractivity contribution is 5.77. The van der Waals surface area contributed by atoms with Crippen LogP contribution in [0.4, 0.5) is 0 Å². The highest BCUT2D eigenvalue weighted by Gasteiger charge is 2.18. The Morgan fingerprint density at radius 1 is 1.67 bits per heavy atom. The molecule has 1 unspecified atom stereocenters. The van der Waals surface area contributed by atoms with Crippen LogP contribution in [0.1, 0.15) is 12.8 Å². The zero-order valence-electron chi connectivity index (χ0n) is 9.24. The SMILES string of the molecule is CN(CC(=O)NCCO)CC1CCCO1. The minimum atomic E-state index is -0.0513. The van der Waals surface area contributed by atoms with Gasteiger partial charge in [-0.15, -0.1) is 0 Å². The van der Waals surface area contributed by atoms with Gasteiger partial charge in [0.05, 0.1) is 19.3 Å². The summed E-state index contributed by atoms with van der Waals surface area (Å²) in [5, 5.41) is 11.1. The van der Waals surface area contributed by atoms with Crippen LogP contribution >= 0.6 is 0 Å². The molecule has 0 aromatic heterocycles. The van der Waals surface area contributed by atoms with Crippen molar-refractivity contribution in [1.82, 2.24) is 10.2 Å². The van der Waals surface area contributed by atoms with Crippen molar-refractivity contribution in [3.8, 4) is 0 Å². The van der Waals surface area contributed by atoms with Crippen LogP contribution in [0.2, 0.25) is 0 Å². The van der Waals surface area contributed by atoms with Gasteiger partial charge >= 0.3 is 0 Å². The monoisotopic (exact) mass is 216 g/mol. The molecule has 5 nitrogen and oxygen atoms in total. The van der Waals surface area contributed by atoms with Crippen molar-refractivity contribution in [2.75, 3.05) is 39.9 Å². The van der Waals surface area contributed by atoms with Gasteiger partial charge in [-0.05, 0) is 19.9 Å². The highest BCUT2D eigenvalue weighted by atomic mass is 16.5. The Labute approximate surface area is 90.4 Å². The van der Waals surface area contributed by atoms with Crippen LogP contribution in [0, 0.1) is 0 Å². The molecule has 1 aliphatic heterocycles. The van der Waals surface area contributed by atoms with Gasteiger partial charge in [0.15, 0.2) is 0 Å². The molecular weight excluding hydrogens is 196 g/mol. The number of hydrogen-bond acceptors (Lipinski definition) is 4. The summed E-state index contributed by atoms with van der Waals surface area (Å²) in [5.74, 6) is -0.0513. The van der Waals surface area contributed by atoms with Gasteiger partial charge in [-0.1, -0.05) is 0 Å². The Kier molecular flexibility index (Phi) is 5.60. The number of nitrogens with zero attached hydrogens (tertiary/aromatic N) is 1. The third-order valence-corrected chi connectivity index (χ3v) is 2.39. The molecule has 1 saturated heterocycles. The molecule has 0 aromatic carbocycles. The van der Waals surface area contributed by atoms with E-state index in [-0.39, 0.29) is 18.6 Å². The van der Waals surface area contributed by atoms with E-state index in [2.05, 4.69) is 5.32 Å². The number of carbonyl (C=O) groups excluding carboxylic acids is 1. The fourth-order valence-electron chi connectivity index (χ4n) is 1.70. The van der Waals surface area contributed by atoms with E-state index in [4.69, 9.17) is 9.84 Å². The molecule has 15 heavy (non-hydrogen) atoms. The van der Waals surface area contributed by atoms with E-state index in [1.807, 2.05) is 11.9 Å². The molecule has 0 aromatic rings. The summed E-state index contributed by atoms with van der Waals surface area (Å²) < 4.78 is 5.47. The lowest BCUT2D eigenvalue weighted by Gasteiger charge is -2.19. The van der Waals surface area contributed by atoms with E-state index < -0.39 is 0 Å². The Bertz CT molecular complexity index is 193. The van der Waals surface area contributed by atoms with E-state index in [9.17, 15) is 4.79 Å². The summed E-state index contributed by atoms with van der Waals surface area (Å²) in [5.41, 5.74) is 0. The van der Waals surface area contributed by atoms with Crippen LogP contribution in [-0.2, 0) is 9.53 Å². The van der Waals surface area contributed by atoms with Crippen molar-refractivity contribution < 1.29 is 14.6 Å². The fraction of sp³-hybridized carbons (Fsp3) is 0.900. The van der Waals surface area contributed by atoms with Crippen LogP contribution < -0.4 is 5.32 Å². The average molecular weight is 216 g/mol. The quantitative estimate of drug-likeness (QED) is 0.610. The number of aliphatic hydroxyl groups is 1. The van der Waals surface area contributed by atoms with Gasteiger partial charge in [0.25, 0.3) is 0 Å². The summed E-state index contributed by atoms with van der Waals surface area (Å²) in [6.45, 7) is 2.31. The number of likely N-dealkylation sites (N-methyl/N-ethyl adjacent to an activating group) is 1. The van der Waals surface area contributed by atoms with Gasteiger partial charge in [0.2, 0.25) is 5.91 Å². The lowest BCUT2D eigenvalue weighted by atomic mass is 10.2. The van der Waals surface area contributed by atoms with E-state index in [0.717, 1.165) is 26.0 Å². The predicted molar refractivity (Wildman–Crippen MR) is 56.6 cm³/mol. The molecule has 0 radical (unpaired) electrons. The molecule has 0 spiro atoms. The number of hydrogen-bond donors (Lipinski definition) is 2. The number of nitrogens with one attached hydrogen (secondary N) is 1. The summed E-state index contributed by atoms with van der Waals surface area (Å²) >= 11 is 0. The predicted octanol–water partition coefficient (Wildman–Crippen LogP) is -0.794. The first-order valence-electron chi connectivity index (χ1n) is 5.40. The number of ether oxygens (including phenoxy) is 1. The number of carbonyl (C=O) groups is 1. The van der Waals surface area contributed by atoms with E-state index in [1.165, 1.54) is 0 Å². The summed E-state index contributed by atoms with van der Waals surface area (Å²) in [6.07, 6.45) is 2.48. The van der Waals surface area contributed by atoms with Crippen LogP contribution in [0.5, 0.6) is 0 Å². The summed E-state index contributed by atoms with van der Waals surface area (Å²) in [6, 6.07) is 0. The molecule has 88 valence electrons. The van der Waals surface area contributed by atoms with Crippen LogP contribution in [0.3, 0.4) is 0 Å². The minimum Gasteiger partial charge on any atom is -0.395 e. The molecule has 0 aliphatic carbocycles. The van der Waals surface area contributed by atoms with Gasteiger partial charge in [-0.25, -0.2) is 0 Å². The maximum atomic E-state index is 11.3. The van der Waals surface area contributed by atoms with Crippen molar-refractivity contribution in [3.05, 3.63) is 0 Å². The van der Waals surface area contributed by atoms with E-state index >= 15 is 0 Å². The molecule has 1 rings (SSSR count). The largest absolute Gasteiger partial charge is 0.395 e. The Hall–Kier alpha value is -0.650. The van der Waals surface area contributed by atoms with Crippen molar-refractivity contribution in [2.24, 2.45) is 0 Å². The maximum Gasteiger partial charge on any atom is 0.234 e. The topological polar surface area (TPSA) is 61.8 Å². The number of amides is 1. The number of rotatable bonds is 6. The highest BCUT2D eigenvalue weighted by Crippen LogP contribution is 2.12. The first-order valence-corrected chi connectivity index (χ1v) is 5.40. The fourth-order valence-corrected chi connectivity index (χ4v) is 1.70. The third kappa shape index (κ3) is 5.11. The molecular formula is C10H20N2O3. The summed E-state index contributed by atoms with van der Waals surface area (Å²) in [7, 11) is 1.90. The van der Waals surface area contributed by atoms with Gasteiger partial charge in [0, 0.05) is 19.7 Å². The maximum absolute atomic E-state index is 11.3. The van der Waals surface area contributed by atoms with Gasteiger partial charge < -0.3 is 15.2 Å². The van der Waals surface area contributed by atoms with Gasteiger partial charge in [0.1, 0.15) is 0 Å².